The Balaban J connectivity index is 2.24. The van der Waals surface area contributed by atoms with E-state index in [1.165, 1.54) is 12.1 Å². The maximum Gasteiger partial charge on any atom is 0.212 e. The standard InChI is InChI=1S/C12H14FN3O/c1-16-12(17-7-6-14)8-11(15-16)9-2-4-10(13)5-3-9/h2-5,8H,6-7,14H2,1H3. The Morgan fingerprint density at radius 1 is 1.35 bits per heavy atom. The molecule has 4 nitrogen and oxygen atoms in total. The molecule has 17 heavy (non-hydrogen) atoms. The normalized spacial score (nSPS) is 10.5. The van der Waals surface area contributed by atoms with E-state index >= 15 is 0 Å². The van der Waals surface area contributed by atoms with E-state index in [4.69, 9.17) is 10.5 Å². The summed E-state index contributed by atoms with van der Waals surface area (Å²) >= 11 is 0. The van der Waals surface area contributed by atoms with Gasteiger partial charge in [0.1, 0.15) is 12.4 Å². The lowest BCUT2D eigenvalue weighted by Crippen LogP contribution is -2.12. The van der Waals surface area contributed by atoms with E-state index in [-0.39, 0.29) is 5.82 Å². The number of hydrogen-bond acceptors (Lipinski definition) is 3. The highest BCUT2D eigenvalue weighted by Crippen LogP contribution is 2.22. The van der Waals surface area contributed by atoms with Crippen molar-refractivity contribution in [3.63, 3.8) is 0 Å². The van der Waals surface area contributed by atoms with E-state index < -0.39 is 0 Å². The highest BCUT2D eigenvalue weighted by Gasteiger charge is 2.07. The summed E-state index contributed by atoms with van der Waals surface area (Å²) in [6, 6.07) is 7.99. The molecule has 0 saturated carbocycles. The molecule has 0 unspecified atom stereocenters. The quantitative estimate of drug-likeness (QED) is 0.875. The Kier molecular flexibility index (Phi) is 3.39. The van der Waals surface area contributed by atoms with Crippen molar-refractivity contribution in [2.45, 2.75) is 0 Å². The largest absolute Gasteiger partial charge is 0.476 e. The average Bonchev–Trinajstić information content (AvgIpc) is 2.69. The minimum absolute atomic E-state index is 0.260. The van der Waals surface area contributed by atoms with Crippen LogP contribution in [-0.2, 0) is 7.05 Å². The Bertz CT molecular complexity index is 493. The van der Waals surface area contributed by atoms with Crippen molar-refractivity contribution in [1.29, 1.82) is 0 Å². The zero-order valence-electron chi connectivity index (χ0n) is 9.56. The minimum Gasteiger partial charge on any atom is -0.476 e. The first-order chi connectivity index (χ1) is 8.20. The zero-order chi connectivity index (χ0) is 12.3. The van der Waals surface area contributed by atoms with Crippen LogP contribution >= 0.6 is 0 Å². The third-order valence-electron chi connectivity index (χ3n) is 2.34. The van der Waals surface area contributed by atoms with Crippen molar-refractivity contribution < 1.29 is 9.13 Å². The molecule has 1 aromatic carbocycles. The van der Waals surface area contributed by atoms with Gasteiger partial charge >= 0.3 is 0 Å². The van der Waals surface area contributed by atoms with Crippen LogP contribution in [-0.4, -0.2) is 22.9 Å². The molecule has 2 N–H and O–H groups in total. The second kappa shape index (κ2) is 4.97. The Morgan fingerprint density at radius 2 is 2.06 bits per heavy atom. The molecule has 0 saturated heterocycles. The van der Waals surface area contributed by atoms with Crippen molar-refractivity contribution in [3.05, 3.63) is 36.1 Å². The molecule has 2 aromatic rings. The lowest BCUT2D eigenvalue weighted by atomic mass is 10.1. The number of rotatable bonds is 4. The average molecular weight is 235 g/mol. The van der Waals surface area contributed by atoms with E-state index in [1.54, 1.807) is 23.9 Å². The van der Waals surface area contributed by atoms with Crippen LogP contribution in [0.4, 0.5) is 4.39 Å². The minimum atomic E-state index is -0.260. The maximum atomic E-state index is 12.8. The molecule has 0 bridgehead atoms. The number of aromatic nitrogens is 2. The van der Waals surface area contributed by atoms with E-state index in [0.29, 0.717) is 19.0 Å². The van der Waals surface area contributed by atoms with Crippen LogP contribution in [0.5, 0.6) is 5.88 Å². The summed E-state index contributed by atoms with van der Waals surface area (Å²) in [4.78, 5) is 0. The molecule has 0 amide bonds. The zero-order valence-corrected chi connectivity index (χ0v) is 9.56. The molecule has 0 aliphatic heterocycles. The van der Waals surface area contributed by atoms with E-state index in [9.17, 15) is 4.39 Å². The van der Waals surface area contributed by atoms with Crippen LogP contribution in [0, 0.1) is 5.82 Å². The molecule has 90 valence electrons. The van der Waals surface area contributed by atoms with E-state index in [0.717, 1.165) is 11.3 Å². The summed E-state index contributed by atoms with van der Waals surface area (Å²) in [5.41, 5.74) is 6.97. The number of hydrogen-bond donors (Lipinski definition) is 1. The molecule has 0 spiro atoms. The summed E-state index contributed by atoms with van der Waals surface area (Å²) in [5.74, 6) is 0.388. The van der Waals surface area contributed by atoms with Gasteiger partial charge in [-0.15, -0.1) is 0 Å². The Hall–Kier alpha value is -1.88. The van der Waals surface area contributed by atoms with Gasteiger partial charge < -0.3 is 10.5 Å². The van der Waals surface area contributed by atoms with Gasteiger partial charge in [0.25, 0.3) is 0 Å². The van der Waals surface area contributed by atoms with Gasteiger partial charge in [-0.1, -0.05) is 0 Å². The summed E-state index contributed by atoms with van der Waals surface area (Å²) in [6.45, 7) is 0.902. The smallest absolute Gasteiger partial charge is 0.212 e. The molecule has 1 heterocycles. The van der Waals surface area contributed by atoms with Gasteiger partial charge in [-0.3, -0.25) is 0 Å². The second-order valence-electron chi connectivity index (χ2n) is 3.64. The number of benzene rings is 1. The predicted octanol–water partition coefficient (Wildman–Crippen LogP) is 1.56. The fraction of sp³-hybridized carbons (Fsp3) is 0.250. The highest BCUT2D eigenvalue weighted by atomic mass is 19.1. The summed E-state index contributed by atoms with van der Waals surface area (Å²) in [6.07, 6.45) is 0. The summed E-state index contributed by atoms with van der Waals surface area (Å²) in [7, 11) is 1.79. The molecule has 0 aliphatic rings. The topological polar surface area (TPSA) is 53.1 Å². The summed E-state index contributed by atoms with van der Waals surface area (Å²) < 4.78 is 19.8. The first-order valence-corrected chi connectivity index (χ1v) is 5.33. The van der Waals surface area contributed by atoms with Crippen LogP contribution in [0.25, 0.3) is 11.3 Å². The van der Waals surface area contributed by atoms with Gasteiger partial charge in [-0.2, -0.15) is 5.10 Å². The Labute approximate surface area is 98.8 Å². The number of nitrogens with zero attached hydrogens (tertiary/aromatic N) is 2. The molecule has 1 aromatic heterocycles. The fourth-order valence-corrected chi connectivity index (χ4v) is 1.51. The fourth-order valence-electron chi connectivity index (χ4n) is 1.51. The molecular formula is C12H14FN3O. The van der Waals surface area contributed by atoms with Crippen molar-refractivity contribution >= 4 is 0 Å². The molecule has 0 atom stereocenters. The predicted molar refractivity (Wildman–Crippen MR) is 63.2 cm³/mol. The van der Waals surface area contributed by atoms with Gasteiger partial charge in [0.05, 0.1) is 5.69 Å². The van der Waals surface area contributed by atoms with Gasteiger partial charge in [-0.05, 0) is 24.3 Å². The van der Waals surface area contributed by atoms with Crippen LogP contribution in [0.15, 0.2) is 30.3 Å². The number of halogens is 1. The molecule has 0 aliphatic carbocycles. The van der Waals surface area contributed by atoms with Gasteiger partial charge in [0, 0.05) is 25.2 Å². The van der Waals surface area contributed by atoms with Gasteiger partial charge in [0.15, 0.2) is 0 Å². The van der Waals surface area contributed by atoms with E-state index in [1.807, 2.05) is 6.07 Å². The van der Waals surface area contributed by atoms with Crippen molar-refractivity contribution in [3.8, 4) is 17.1 Å². The third kappa shape index (κ3) is 2.62. The van der Waals surface area contributed by atoms with Crippen LogP contribution in [0.3, 0.4) is 0 Å². The van der Waals surface area contributed by atoms with Crippen molar-refractivity contribution in [1.82, 2.24) is 9.78 Å². The van der Waals surface area contributed by atoms with Crippen LogP contribution in [0.2, 0.25) is 0 Å². The van der Waals surface area contributed by atoms with Gasteiger partial charge in [0.2, 0.25) is 5.88 Å². The van der Waals surface area contributed by atoms with Crippen LogP contribution < -0.4 is 10.5 Å². The molecule has 0 fully saturated rings. The SMILES string of the molecule is Cn1nc(-c2ccc(F)cc2)cc1OCCN. The Morgan fingerprint density at radius 3 is 2.71 bits per heavy atom. The molecule has 5 heteroatoms. The first-order valence-electron chi connectivity index (χ1n) is 5.33. The van der Waals surface area contributed by atoms with Crippen molar-refractivity contribution in [2.24, 2.45) is 12.8 Å². The molecule has 2 rings (SSSR count). The number of aryl methyl sites for hydroxylation is 1. The third-order valence-corrected chi connectivity index (χ3v) is 2.34. The lowest BCUT2D eigenvalue weighted by molar-refractivity contribution is 0.299. The second-order valence-corrected chi connectivity index (χ2v) is 3.64. The van der Waals surface area contributed by atoms with Crippen LogP contribution in [0.1, 0.15) is 0 Å². The number of ether oxygens (including phenoxy) is 1. The monoisotopic (exact) mass is 235 g/mol. The maximum absolute atomic E-state index is 12.8. The highest BCUT2D eigenvalue weighted by molar-refractivity contribution is 5.60. The van der Waals surface area contributed by atoms with Crippen molar-refractivity contribution in [2.75, 3.05) is 13.2 Å². The first kappa shape index (κ1) is 11.6. The van der Waals surface area contributed by atoms with E-state index in [2.05, 4.69) is 5.10 Å². The molecular weight excluding hydrogens is 221 g/mol. The lowest BCUT2D eigenvalue weighted by Gasteiger charge is -2.02. The number of nitrogens with two attached hydrogens (primary N) is 1. The molecule has 0 radical (unpaired) electrons. The summed E-state index contributed by atoms with van der Waals surface area (Å²) in [5, 5.41) is 4.29. The van der Waals surface area contributed by atoms with Gasteiger partial charge in [-0.25, -0.2) is 9.07 Å².